The predicted molar refractivity (Wildman–Crippen MR) is 99.9 cm³/mol. The summed E-state index contributed by atoms with van der Waals surface area (Å²) in [4.78, 5) is 16.7. The number of carbonyl (C=O) groups is 1. The fraction of sp³-hybridized carbons (Fsp3) is 0.333. The summed E-state index contributed by atoms with van der Waals surface area (Å²) in [5, 5.41) is 9.57. The second-order valence-electron chi connectivity index (χ2n) is 6.23. The maximum atomic E-state index is 12.7. The number of carbonyl (C=O) groups excluding carboxylic acids is 1. The summed E-state index contributed by atoms with van der Waals surface area (Å²) in [5.74, 6) is 0.800. The Hall–Kier alpha value is -2.84. The van der Waals surface area contributed by atoms with Gasteiger partial charge >= 0.3 is 0 Å². The molecule has 0 aliphatic carbocycles. The van der Waals surface area contributed by atoms with Crippen LogP contribution in [0, 0.1) is 11.3 Å². The van der Waals surface area contributed by atoms with Crippen LogP contribution in [0.1, 0.15) is 28.9 Å². The van der Waals surface area contributed by atoms with Gasteiger partial charge in [0, 0.05) is 31.7 Å². The largest absolute Gasteiger partial charge is 0.494 e. The van der Waals surface area contributed by atoms with Gasteiger partial charge in [0.05, 0.1) is 12.7 Å². The predicted octanol–water partition coefficient (Wildman–Crippen LogP) is 3.11. The molecule has 0 N–H and O–H groups in total. The van der Waals surface area contributed by atoms with Crippen molar-refractivity contribution in [3.05, 3.63) is 65.7 Å². The lowest BCUT2D eigenvalue weighted by molar-refractivity contribution is 0.0606. The van der Waals surface area contributed by atoms with Crippen LogP contribution in [0.3, 0.4) is 0 Å². The van der Waals surface area contributed by atoms with Gasteiger partial charge in [-0.25, -0.2) is 0 Å². The maximum Gasteiger partial charge on any atom is 0.253 e. The number of hydrogen-bond donors (Lipinski definition) is 0. The van der Waals surface area contributed by atoms with E-state index in [2.05, 4.69) is 11.0 Å². The first-order valence-electron chi connectivity index (χ1n) is 8.93. The summed E-state index contributed by atoms with van der Waals surface area (Å²) in [7, 11) is 0. The highest BCUT2D eigenvalue weighted by atomic mass is 16.5. The minimum Gasteiger partial charge on any atom is -0.494 e. The molecule has 5 heteroatoms. The summed E-state index contributed by atoms with van der Waals surface area (Å²) in [6.45, 7) is 5.17. The summed E-state index contributed by atoms with van der Waals surface area (Å²) >= 11 is 0. The van der Waals surface area contributed by atoms with E-state index in [1.165, 1.54) is 0 Å². The Kier molecular flexibility index (Phi) is 5.88. The molecule has 0 unspecified atom stereocenters. The molecular formula is C21H23N3O2. The van der Waals surface area contributed by atoms with Crippen molar-refractivity contribution in [2.45, 2.75) is 13.0 Å². The number of rotatable bonds is 5. The van der Waals surface area contributed by atoms with E-state index in [4.69, 9.17) is 4.74 Å². The van der Waals surface area contributed by atoms with Crippen molar-refractivity contribution >= 4 is 5.91 Å². The first-order valence-corrected chi connectivity index (χ1v) is 8.93. The first-order chi connectivity index (χ1) is 12.7. The van der Waals surface area contributed by atoms with Crippen LogP contribution in [0.4, 0.5) is 0 Å². The van der Waals surface area contributed by atoms with Gasteiger partial charge in [-0.15, -0.1) is 0 Å². The van der Waals surface area contributed by atoms with Gasteiger partial charge in [0.2, 0.25) is 0 Å². The molecule has 2 aromatic carbocycles. The van der Waals surface area contributed by atoms with E-state index in [9.17, 15) is 10.1 Å². The van der Waals surface area contributed by atoms with Gasteiger partial charge in [0.15, 0.2) is 0 Å². The van der Waals surface area contributed by atoms with Crippen molar-refractivity contribution in [3.63, 3.8) is 0 Å². The number of hydrogen-bond acceptors (Lipinski definition) is 4. The topological polar surface area (TPSA) is 56.6 Å². The smallest absolute Gasteiger partial charge is 0.253 e. The zero-order chi connectivity index (χ0) is 18.4. The number of ether oxygens (including phenoxy) is 1. The zero-order valence-electron chi connectivity index (χ0n) is 15.0. The van der Waals surface area contributed by atoms with Gasteiger partial charge in [-0.2, -0.15) is 5.26 Å². The minimum atomic E-state index is -0.265. The summed E-state index contributed by atoms with van der Waals surface area (Å²) < 4.78 is 5.42. The van der Waals surface area contributed by atoms with Gasteiger partial charge in [-0.05, 0) is 36.8 Å². The Labute approximate surface area is 154 Å². The number of nitriles is 1. The van der Waals surface area contributed by atoms with Gasteiger partial charge in [-0.1, -0.05) is 30.3 Å². The van der Waals surface area contributed by atoms with Gasteiger partial charge in [-0.3, -0.25) is 9.69 Å². The van der Waals surface area contributed by atoms with Gasteiger partial charge < -0.3 is 9.64 Å². The third-order valence-corrected chi connectivity index (χ3v) is 4.62. The fourth-order valence-electron chi connectivity index (χ4n) is 3.23. The Morgan fingerprint density at radius 2 is 1.73 bits per heavy atom. The molecule has 1 aliphatic rings. The third-order valence-electron chi connectivity index (χ3n) is 4.62. The normalized spacial score (nSPS) is 15.9. The SMILES string of the molecule is CCOc1ccc(C(=O)N2CCN([C@H](C#N)c3ccccc3)CC2)cc1. The van der Waals surface area contributed by atoms with Crippen LogP contribution in [-0.4, -0.2) is 48.5 Å². The van der Waals surface area contributed by atoms with Crippen molar-refractivity contribution in [1.82, 2.24) is 9.80 Å². The molecule has 134 valence electrons. The molecule has 0 radical (unpaired) electrons. The lowest BCUT2D eigenvalue weighted by Crippen LogP contribution is -2.49. The molecule has 2 aromatic rings. The van der Waals surface area contributed by atoms with Crippen LogP contribution in [0.25, 0.3) is 0 Å². The molecular weight excluding hydrogens is 326 g/mol. The summed E-state index contributed by atoms with van der Waals surface area (Å²) in [6, 6.07) is 19.2. The van der Waals surface area contributed by atoms with E-state index in [0.717, 1.165) is 11.3 Å². The minimum absolute atomic E-state index is 0.0286. The molecule has 1 fully saturated rings. The highest BCUT2D eigenvalue weighted by Gasteiger charge is 2.27. The molecule has 5 nitrogen and oxygen atoms in total. The molecule has 3 rings (SSSR count). The maximum absolute atomic E-state index is 12.7. The van der Waals surface area contributed by atoms with Crippen molar-refractivity contribution in [1.29, 1.82) is 5.26 Å². The Morgan fingerprint density at radius 1 is 1.08 bits per heavy atom. The monoisotopic (exact) mass is 349 g/mol. The van der Waals surface area contributed by atoms with E-state index >= 15 is 0 Å². The molecule has 1 atom stereocenters. The zero-order valence-corrected chi connectivity index (χ0v) is 15.0. The van der Waals surface area contributed by atoms with Crippen LogP contribution in [-0.2, 0) is 0 Å². The number of piperazine rings is 1. The molecule has 1 aliphatic heterocycles. The molecule has 0 saturated carbocycles. The van der Waals surface area contributed by atoms with E-state index < -0.39 is 0 Å². The average Bonchev–Trinajstić information content (AvgIpc) is 2.70. The van der Waals surface area contributed by atoms with Gasteiger partial charge in [0.1, 0.15) is 11.8 Å². The Balaban J connectivity index is 1.61. The highest BCUT2D eigenvalue weighted by Crippen LogP contribution is 2.22. The molecule has 1 heterocycles. The molecule has 0 spiro atoms. The van der Waals surface area contributed by atoms with Crippen LogP contribution in [0.5, 0.6) is 5.75 Å². The van der Waals surface area contributed by atoms with Crippen LogP contribution in [0.15, 0.2) is 54.6 Å². The molecule has 26 heavy (non-hydrogen) atoms. The van der Waals surface area contributed by atoms with Crippen LogP contribution >= 0.6 is 0 Å². The quantitative estimate of drug-likeness (QED) is 0.832. The van der Waals surface area contributed by atoms with Crippen molar-refractivity contribution in [3.8, 4) is 11.8 Å². The van der Waals surface area contributed by atoms with E-state index in [1.54, 1.807) is 0 Å². The molecule has 0 aromatic heterocycles. The third kappa shape index (κ3) is 4.04. The van der Waals surface area contributed by atoms with Crippen LogP contribution in [0.2, 0.25) is 0 Å². The lowest BCUT2D eigenvalue weighted by atomic mass is 10.1. The average molecular weight is 349 g/mol. The molecule has 1 saturated heterocycles. The molecule has 1 amide bonds. The van der Waals surface area contributed by atoms with E-state index in [0.29, 0.717) is 38.3 Å². The fourth-order valence-corrected chi connectivity index (χ4v) is 3.23. The number of benzene rings is 2. The number of nitrogens with zero attached hydrogens (tertiary/aromatic N) is 3. The second kappa shape index (κ2) is 8.50. The van der Waals surface area contributed by atoms with Crippen molar-refractivity contribution < 1.29 is 9.53 Å². The van der Waals surface area contributed by atoms with E-state index in [-0.39, 0.29) is 11.9 Å². The van der Waals surface area contributed by atoms with Gasteiger partial charge in [0.25, 0.3) is 5.91 Å². The highest BCUT2D eigenvalue weighted by molar-refractivity contribution is 5.94. The van der Waals surface area contributed by atoms with E-state index in [1.807, 2.05) is 66.4 Å². The lowest BCUT2D eigenvalue weighted by Gasteiger charge is -2.37. The second-order valence-corrected chi connectivity index (χ2v) is 6.23. The standard InChI is InChI=1S/C21H23N3O2/c1-2-26-19-10-8-18(9-11-19)21(25)24-14-12-23(13-15-24)20(16-22)17-6-4-3-5-7-17/h3-11,20H,2,12-15H2,1H3/t20-/m1/s1. The Bertz CT molecular complexity index is 760. The first kappa shape index (κ1) is 18.0. The summed E-state index contributed by atoms with van der Waals surface area (Å²) in [5.41, 5.74) is 1.67. The Morgan fingerprint density at radius 3 is 2.31 bits per heavy atom. The van der Waals surface area contributed by atoms with Crippen molar-refractivity contribution in [2.75, 3.05) is 32.8 Å². The van der Waals surface area contributed by atoms with Crippen LogP contribution < -0.4 is 4.74 Å². The number of amides is 1. The van der Waals surface area contributed by atoms with Crippen molar-refractivity contribution in [2.24, 2.45) is 0 Å². The molecule has 0 bridgehead atoms. The summed E-state index contributed by atoms with van der Waals surface area (Å²) in [6.07, 6.45) is 0.